The zero-order chi connectivity index (χ0) is 15.8. The second-order valence-electron chi connectivity index (χ2n) is 4.22. The lowest BCUT2D eigenvalue weighted by Gasteiger charge is -2.10. The zero-order valence-electron chi connectivity index (χ0n) is 10.6. The van der Waals surface area contributed by atoms with Crippen molar-refractivity contribution in [2.45, 2.75) is 13.1 Å². The molecule has 110 valence electrons. The minimum absolute atomic E-state index is 0.163. The molecule has 0 saturated heterocycles. The predicted octanol–water partition coefficient (Wildman–Crippen LogP) is 3.31. The number of alkyl halides is 3. The van der Waals surface area contributed by atoms with E-state index >= 15 is 0 Å². The fourth-order valence-electron chi connectivity index (χ4n) is 1.68. The number of nitrogens with zero attached hydrogens (tertiary/aromatic N) is 2. The fourth-order valence-corrected chi connectivity index (χ4v) is 1.68. The van der Waals surface area contributed by atoms with E-state index in [4.69, 9.17) is 5.11 Å². The summed E-state index contributed by atoms with van der Waals surface area (Å²) in [5.41, 5.74) is -2.20. The van der Waals surface area contributed by atoms with E-state index in [1.807, 2.05) is 0 Å². The van der Waals surface area contributed by atoms with Gasteiger partial charge in [0.15, 0.2) is 11.5 Å². The third-order valence-electron chi connectivity index (χ3n) is 2.70. The first kappa shape index (κ1) is 14.9. The van der Waals surface area contributed by atoms with E-state index in [1.54, 1.807) is 0 Å². The summed E-state index contributed by atoms with van der Waals surface area (Å²) >= 11 is 0. The number of aromatic nitrogens is 2. The van der Waals surface area contributed by atoms with Gasteiger partial charge in [-0.2, -0.15) is 13.2 Å². The van der Waals surface area contributed by atoms with E-state index in [-0.39, 0.29) is 17.0 Å². The molecular formula is C13H8F4N2O2. The summed E-state index contributed by atoms with van der Waals surface area (Å²) in [6, 6.07) is 3.58. The molecule has 0 saturated carbocycles. The third-order valence-corrected chi connectivity index (χ3v) is 2.70. The normalized spacial score (nSPS) is 11.5. The minimum Gasteiger partial charge on any atom is -0.478 e. The molecule has 0 amide bonds. The molecule has 8 heteroatoms. The molecule has 4 nitrogen and oxygen atoms in total. The highest BCUT2D eigenvalue weighted by molar-refractivity contribution is 5.89. The first-order valence-electron chi connectivity index (χ1n) is 5.64. The first-order chi connectivity index (χ1) is 9.70. The summed E-state index contributed by atoms with van der Waals surface area (Å²) in [6.45, 7) is 1.44. The van der Waals surface area contributed by atoms with Crippen LogP contribution in [0.2, 0.25) is 0 Å². The third kappa shape index (κ3) is 2.99. The fraction of sp³-hybridized carbons (Fsp3) is 0.154. The van der Waals surface area contributed by atoms with Crippen LogP contribution < -0.4 is 0 Å². The van der Waals surface area contributed by atoms with E-state index in [1.165, 1.54) is 19.1 Å². The molecule has 0 aliphatic carbocycles. The molecule has 0 spiro atoms. The number of halogens is 4. The molecule has 2 rings (SSSR count). The van der Waals surface area contributed by atoms with E-state index in [0.717, 1.165) is 6.07 Å². The lowest BCUT2D eigenvalue weighted by atomic mass is 10.1. The molecule has 0 bridgehead atoms. The molecule has 1 aromatic carbocycles. The zero-order valence-corrected chi connectivity index (χ0v) is 10.6. The highest BCUT2D eigenvalue weighted by Gasteiger charge is 2.38. The Morgan fingerprint density at radius 2 is 1.95 bits per heavy atom. The van der Waals surface area contributed by atoms with Gasteiger partial charge in [0.05, 0.1) is 0 Å². The Kier molecular flexibility index (Phi) is 3.63. The van der Waals surface area contributed by atoms with Gasteiger partial charge in [0.25, 0.3) is 0 Å². The molecular weight excluding hydrogens is 292 g/mol. The average Bonchev–Trinajstić information content (AvgIpc) is 2.40. The summed E-state index contributed by atoms with van der Waals surface area (Å²) in [4.78, 5) is 17.7. The lowest BCUT2D eigenvalue weighted by Crippen LogP contribution is -2.16. The maximum absolute atomic E-state index is 13.2. The van der Waals surface area contributed by atoms with E-state index < -0.39 is 29.2 Å². The second kappa shape index (κ2) is 5.12. The van der Waals surface area contributed by atoms with Crippen molar-refractivity contribution in [2.24, 2.45) is 0 Å². The van der Waals surface area contributed by atoms with Gasteiger partial charge in [-0.25, -0.2) is 19.2 Å². The van der Waals surface area contributed by atoms with E-state index in [9.17, 15) is 22.4 Å². The van der Waals surface area contributed by atoms with Crippen LogP contribution in [0, 0.1) is 12.7 Å². The first-order valence-corrected chi connectivity index (χ1v) is 5.64. The molecule has 1 aromatic heterocycles. The average molecular weight is 300 g/mol. The van der Waals surface area contributed by atoms with Gasteiger partial charge in [0.1, 0.15) is 11.4 Å². The number of hydrogen-bond donors (Lipinski definition) is 1. The smallest absolute Gasteiger partial charge is 0.434 e. The van der Waals surface area contributed by atoms with Crippen molar-refractivity contribution < 1.29 is 27.5 Å². The predicted molar refractivity (Wildman–Crippen MR) is 64.1 cm³/mol. The van der Waals surface area contributed by atoms with Crippen molar-refractivity contribution in [1.82, 2.24) is 9.97 Å². The molecule has 0 unspecified atom stereocenters. The Balaban J connectivity index is 2.61. The molecule has 2 aromatic rings. The largest absolute Gasteiger partial charge is 0.478 e. The second-order valence-corrected chi connectivity index (χ2v) is 4.22. The van der Waals surface area contributed by atoms with Gasteiger partial charge in [-0.15, -0.1) is 0 Å². The van der Waals surface area contributed by atoms with E-state index in [0.29, 0.717) is 6.20 Å². The van der Waals surface area contributed by atoms with Gasteiger partial charge in [0, 0.05) is 11.8 Å². The molecule has 0 fully saturated rings. The van der Waals surface area contributed by atoms with Crippen molar-refractivity contribution in [3.63, 3.8) is 0 Å². The molecule has 21 heavy (non-hydrogen) atoms. The standard InChI is InChI=1S/C13H8F4N2O2/c1-6-4-7(2-3-9(6)14)11-18-5-8(12(20)21)10(19-11)13(15,16)17/h2-5H,1H3,(H,20,21). The van der Waals surface area contributed by atoms with Crippen LogP contribution in [0.1, 0.15) is 21.6 Å². The quantitative estimate of drug-likeness (QED) is 0.864. The number of hydrogen-bond acceptors (Lipinski definition) is 3. The number of carboxylic acids is 1. The van der Waals surface area contributed by atoms with Crippen molar-refractivity contribution in [3.8, 4) is 11.4 Å². The van der Waals surface area contributed by atoms with Crippen molar-refractivity contribution in [2.75, 3.05) is 0 Å². The molecule has 0 aliphatic heterocycles. The number of aryl methyl sites for hydroxylation is 1. The van der Waals surface area contributed by atoms with Crippen LogP contribution in [0.3, 0.4) is 0 Å². The SMILES string of the molecule is Cc1cc(-c2ncc(C(=O)O)c(C(F)(F)F)n2)ccc1F. The number of benzene rings is 1. The molecule has 1 heterocycles. The van der Waals surface area contributed by atoms with E-state index in [2.05, 4.69) is 9.97 Å². The van der Waals surface area contributed by atoms with Crippen molar-refractivity contribution in [1.29, 1.82) is 0 Å². The van der Waals surface area contributed by atoms with Crippen LogP contribution in [-0.4, -0.2) is 21.0 Å². The topological polar surface area (TPSA) is 63.1 Å². The maximum atomic E-state index is 13.2. The Bertz CT molecular complexity index is 714. The summed E-state index contributed by atoms with van der Waals surface area (Å²) < 4.78 is 51.7. The minimum atomic E-state index is -4.93. The maximum Gasteiger partial charge on any atom is 0.434 e. The number of carboxylic acid groups (broad SMARTS) is 1. The highest BCUT2D eigenvalue weighted by Crippen LogP contribution is 2.31. The Morgan fingerprint density at radius 3 is 2.48 bits per heavy atom. The lowest BCUT2D eigenvalue weighted by molar-refractivity contribution is -0.141. The summed E-state index contributed by atoms with van der Waals surface area (Å²) in [7, 11) is 0. The van der Waals surface area contributed by atoms with Crippen LogP contribution in [0.25, 0.3) is 11.4 Å². The summed E-state index contributed by atoms with van der Waals surface area (Å²) in [5.74, 6) is -2.61. The Hall–Kier alpha value is -2.51. The van der Waals surface area contributed by atoms with Crippen LogP contribution in [-0.2, 0) is 6.18 Å². The van der Waals surface area contributed by atoms with Gasteiger partial charge in [-0.3, -0.25) is 0 Å². The van der Waals surface area contributed by atoms with Gasteiger partial charge >= 0.3 is 12.1 Å². The number of aromatic carboxylic acids is 1. The molecule has 0 aliphatic rings. The van der Waals surface area contributed by atoms with Crippen LogP contribution in [0.4, 0.5) is 17.6 Å². The van der Waals surface area contributed by atoms with Gasteiger partial charge in [-0.1, -0.05) is 0 Å². The molecule has 1 N–H and O–H groups in total. The Morgan fingerprint density at radius 1 is 1.29 bits per heavy atom. The number of carbonyl (C=O) groups is 1. The Labute approximate surface area is 116 Å². The van der Waals surface area contributed by atoms with Crippen molar-refractivity contribution >= 4 is 5.97 Å². The van der Waals surface area contributed by atoms with Crippen LogP contribution in [0.5, 0.6) is 0 Å². The van der Waals surface area contributed by atoms with Gasteiger partial charge < -0.3 is 5.11 Å². The van der Waals surface area contributed by atoms with Gasteiger partial charge in [-0.05, 0) is 30.7 Å². The summed E-state index contributed by atoms with van der Waals surface area (Å²) in [6.07, 6.45) is -4.34. The van der Waals surface area contributed by atoms with Crippen LogP contribution >= 0.6 is 0 Å². The highest BCUT2D eigenvalue weighted by atomic mass is 19.4. The van der Waals surface area contributed by atoms with Crippen LogP contribution in [0.15, 0.2) is 24.4 Å². The molecule has 0 atom stereocenters. The number of rotatable bonds is 2. The summed E-state index contributed by atoms with van der Waals surface area (Å²) in [5, 5.41) is 8.74. The monoisotopic (exact) mass is 300 g/mol. The molecule has 0 radical (unpaired) electrons. The van der Waals surface area contributed by atoms with Crippen molar-refractivity contribution in [3.05, 3.63) is 47.0 Å². The van der Waals surface area contributed by atoms with Gasteiger partial charge in [0.2, 0.25) is 0 Å².